The lowest BCUT2D eigenvalue weighted by Crippen LogP contribution is -2.60. The van der Waals surface area contributed by atoms with E-state index in [9.17, 15) is 28.2 Å². The molecule has 1 spiro atoms. The molecule has 1 aromatic rings. The molecule has 9 heteroatoms. The SMILES string of the molecule is CC1(C)C2CCC1(CS(=O)(=O)N1CCC3(C=Cc4ccccc43)CC1)C(O)(CNC(=O)C1C3C=CC(C3)C1C(=O)O)C2. The Bertz CT molecular complexity index is 1490. The van der Waals surface area contributed by atoms with Crippen molar-refractivity contribution in [1.82, 2.24) is 9.62 Å². The standard InChI is InChI=1S/C33H42N2O6S/c1-30(2)24-10-12-32(30,33(39,18-24)19-34-28(36)26-22-7-8-23(17-22)27(26)29(37)38)20-42(40,41)35-15-13-31(14-16-35)11-9-21-5-3-4-6-25(21)31/h3-9,11,22-24,26-27,39H,10,12-20H2,1-2H3,(H,34,36)(H,37,38). The molecule has 226 valence electrons. The monoisotopic (exact) mass is 594 g/mol. The minimum Gasteiger partial charge on any atom is -0.481 e. The van der Waals surface area contributed by atoms with Gasteiger partial charge in [-0.2, -0.15) is 0 Å². The lowest BCUT2D eigenvalue weighted by molar-refractivity contribution is -0.148. The maximum absolute atomic E-state index is 14.1. The van der Waals surface area contributed by atoms with E-state index in [2.05, 4.69) is 43.4 Å². The zero-order valence-corrected chi connectivity index (χ0v) is 25.3. The van der Waals surface area contributed by atoms with Crippen molar-refractivity contribution in [3.05, 3.63) is 53.6 Å². The van der Waals surface area contributed by atoms with Gasteiger partial charge in [0.2, 0.25) is 15.9 Å². The summed E-state index contributed by atoms with van der Waals surface area (Å²) in [5.41, 5.74) is -0.370. The number of nitrogens with zero attached hydrogens (tertiary/aromatic N) is 1. The van der Waals surface area contributed by atoms with E-state index in [4.69, 9.17) is 0 Å². The molecule has 1 heterocycles. The van der Waals surface area contributed by atoms with Gasteiger partial charge >= 0.3 is 5.97 Å². The van der Waals surface area contributed by atoms with Crippen LogP contribution in [-0.4, -0.2) is 65.8 Å². The first-order chi connectivity index (χ1) is 19.8. The Labute approximate surface area is 248 Å². The van der Waals surface area contributed by atoms with Crippen LogP contribution in [-0.2, 0) is 25.0 Å². The van der Waals surface area contributed by atoms with Gasteiger partial charge in [-0.25, -0.2) is 12.7 Å². The summed E-state index contributed by atoms with van der Waals surface area (Å²) < 4.78 is 29.9. The minimum atomic E-state index is -3.71. The third kappa shape index (κ3) is 3.81. The van der Waals surface area contributed by atoms with Crippen LogP contribution in [0, 0.1) is 40.4 Å². The van der Waals surface area contributed by atoms with Crippen molar-refractivity contribution in [2.75, 3.05) is 25.4 Å². The number of amides is 1. The Hall–Kier alpha value is -2.49. The first-order valence-corrected chi connectivity index (χ1v) is 17.1. The molecule has 6 aliphatic rings. The number of allylic oxidation sites excluding steroid dienone is 3. The predicted molar refractivity (Wildman–Crippen MR) is 159 cm³/mol. The van der Waals surface area contributed by atoms with Crippen LogP contribution in [0.25, 0.3) is 6.08 Å². The third-order valence-corrected chi connectivity index (χ3v) is 14.8. The maximum atomic E-state index is 14.1. The average molecular weight is 595 g/mol. The number of nitrogens with one attached hydrogen (secondary N) is 1. The topological polar surface area (TPSA) is 124 Å². The third-order valence-electron chi connectivity index (χ3n) is 12.8. The van der Waals surface area contributed by atoms with Crippen molar-refractivity contribution in [2.45, 2.75) is 63.4 Å². The summed E-state index contributed by atoms with van der Waals surface area (Å²) in [6.45, 7) is 4.96. The van der Waals surface area contributed by atoms with Crippen molar-refractivity contribution in [2.24, 2.45) is 40.4 Å². The second kappa shape index (κ2) is 9.26. The van der Waals surface area contributed by atoms with Gasteiger partial charge in [-0.15, -0.1) is 0 Å². The number of hydrogen-bond acceptors (Lipinski definition) is 5. The summed E-state index contributed by atoms with van der Waals surface area (Å²) in [5, 5.41) is 25.0. The number of aliphatic carboxylic acids is 1. The van der Waals surface area contributed by atoms with Crippen LogP contribution in [0.15, 0.2) is 42.5 Å². The molecule has 1 saturated heterocycles. The molecular weight excluding hydrogens is 552 g/mol. The first kappa shape index (κ1) is 28.3. The number of carboxylic acids is 1. The molecule has 8 nitrogen and oxygen atoms in total. The number of carbonyl (C=O) groups is 2. The molecule has 4 fully saturated rings. The van der Waals surface area contributed by atoms with Gasteiger partial charge in [0.05, 0.1) is 23.2 Å². The van der Waals surface area contributed by atoms with E-state index >= 15 is 0 Å². The lowest BCUT2D eigenvalue weighted by Gasteiger charge is -2.49. The molecule has 0 aromatic heterocycles. The molecule has 1 amide bonds. The number of sulfonamides is 1. The molecule has 42 heavy (non-hydrogen) atoms. The summed E-state index contributed by atoms with van der Waals surface area (Å²) >= 11 is 0. The van der Waals surface area contributed by atoms with Gasteiger partial charge in [0.1, 0.15) is 0 Å². The Balaban J connectivity index is 1.09. The summed E-state index contributed by atoms with van der Waals surface area (Å²) in [5.74, 6) is -2.98. The van der Waals surface area contributed by atoms with E-state index in [1.807, 2.05) is 24.3 Å². The Kier molecular flexibility index (Phi) is 6.23. The Morgan fingerprint density at radius 3 is 2.43 bits per heavy atom. The van der Waals surface area contributed by atoms with Crippen LogP contribution in [0.5, 0.6) is 0 Å². The number of carboxylic acid groups (broad SMARTS) is 1. The highest BCUT2D eigenvalue weighted by molar-refractivity contribution is 7.89. The number of fused-ring (bicyclic) bond motifs is 6. The second-order valence-electron chi connectivity index (χ2n) is 14.6. The fourth-order valence-corrected chi connectivity index (χ4v) is 12.6. The highest BCUT2D eigenvalue weighted by atomic mass is 32.2. The van der Waals surface area contributed by atoms with Crippen LogP contribution in [0.1, 0.15) is 63.5 Å². The summed E-state index contributed by atoms with van der Waals surface area (Å²) in [6, 6.07) is 8.33. The lowest BCUT2D eigenvalue weighted by atomic mass is 9.64. The van der Waals surface area contributed by atoms with Gasteiger partial charge in [-0.1, -0.05) is 62.4 Å². The summed E-state index contributed by atoms with van der Waals surface area (Å²) in [7, 11) is -3.71. The molecule has 7 rings (SSSR count). The quantitative estimate of drug-likeness (QED) is 0.415. The van der Waals surface area contributed by atoms with Crippen molar-refractivity contribution in [3.63, 3.8) is 0 Å². The number of hydrogen-bond donors (Lipinski definition) is 3. The van der Waals surface area contributed by atoms with Gasteiger partial charge in [0.25, 0.3) is 0 Å². The number of benzene rings is 1. The van der Waals surface area contributed by atoms with E-state index in [1.165, 1.54) is 11.1 Å². The Morgan fingerprint density at radius 2 is 1.74 bits per heavy atom. The zero-order valence-electron chi connectivity index (χ0n) is 24.5. The van der Waals surface area contributed by atoms with Crippen LogP contribution < -0.4 is 5.32 Å². The number of piperidine rings is 1. The number of aliphatic hydroxyl groups is 1. The van der Waals surface area contributed by atoms with E-state index in [0.29, 0.717) is 32.4 Å². The molecule has 4 bridgehead atoms. The molecule has 1 aromatic carbocycles. The molecule has 1 aliphatic heterocycles. The zero-order chi connectivity index (χ0) is 29.7. The fourth-order valence-electron chi connectivity index (χ4n) is 10.2. The van der Waals surface area contributed by atoms with Gasteiger partial charge in [-0.05, 0) is 72.8 Å². The van der Waals surface area contributed by atoms with Gasteiger partial charge in [-0.3, -0.25) is 9.59 Å². The van der Waals surface area contributed by atoms with Crippen LogP contribution in [0.2, 0.25) is 0 Å². The normalized spacial score (nSPS) is 38.8. The van der Waals surface area contributed by atoms with Crippen molar-refractivity contribution >= 4 is 28.0 Å². The average Bonchev–Trinajstić information content (AvgIpc) is 3.73. The fraction of sp³-hybridized carbons (Fsp3) is 0.636. The molecule has 7 unspecified atom stereocenters. The predicted octanol–water partition coefficient (Wildman–Crippen LogP) is 3.57. The van der Waals surface area contributed by atoms with Crippen LogP contribution in [0.4, 0.5) is 0 Å². The molecule has 0 radical (unpaired) electrons. The van der Waals surface area contributed by atoms with E-state index in [0.717, 1.165) is 19.3 Å². The highest BCUT2D eigenvalue weighted by Crippen LogP contribution is 2.70. The van der Waals surface area contributed by atoms with Crippen molar-refractivity contribution < 1.29 is 28.2 Å². The molecule has 5 aliphatic carbocycles. The van der Waals surface area contributed by atoms with Crippen LogP contribution >= 0.6 is 0 Å². The van der Waals surface area contributed by atoms with E-state index < -0.39 is 44.3 Å². The largest absolute Gasteiger partial charge is 0.481 e. The molecular formula is C33H42N2O6S. The highest BCUT2D eigenvalue weighted by Gasteiger charge is 2.72. The van der Waals surface area contributed by atoms with E-state index in [1.54, 1.807) is 4.31 Å². The van der Waals surface area contributed by atoms with Gasteiger partial charge in [0, 0.05) is 30.5 Å². The summed E-state index contributed by atoms with van der Waals surface area (Å²) in [4.78, 5) is 25.4. The first-order valence-electron chi connectivity index (χ1n) is 15.5. The van der Waals surface area contributed by atoms with Crippen molar-refractivity contribution in [3.8, 4) is 0 Å². The molecule has 3 saturated carbocycles. The Morgan fingerprint density at radius 1 is 1.05 bits per heavy atom. The van der Waals surface area contributed by atoms with Crippen LogP contribution in [0.3, 0.4) is 0 Å². The smallest absolute Gasteiger partial charge is 0.307 e. The van der Waals surface area contributed by atoms with Gasteiger partial charge < -0.3 is 15.5 Å². The molecule has 3 N–H and O–H groups in total. The summed E-state index contributed by atoms with van der Waals surface area (Å²) in [6.07, 6.45) is 12.2. The van der Waals surface area contributed by atoms with E-state index in [-0.39, 0.29) is 41.4 Å². The minimum absolute atomic E-state index is 0.0596. The molecule has 7 atom stereocenters. The number of carbonyl (C=O) groups excluding carboxylic acids is 1. The maximum Gasteiger partial charge on any atom is 0.307 e. The second-order valence-corrected chi connectivity index (χ2v) is 16.5. The number of rotatable bonds is 7. The van der Waals surface area contributed by atoms with Gasteiger partial charge in [0.15, 0.2) is 0 Å². The van der Waals surface area contributed by atoms with Crippen molar-refractivity contribution in [1.29, 1.82) is 0 Å².